The molecule has 33 heavy (non-hydrogen) atoms. The minimum atomic E-state index is 0.979. The second kappa shape index (κ2) is 10.0. The molecular formula is C32H34S. The first-order chi connectivity index (χ1) is 15.8. The molecule has 1 heteroatoms. The highest BCUT2D eigenvalue weighted by Crippen LogP contribution is 2.37. The van der Waals surface area contributed by atoms with Crippen molar-refractivity contribution in [1.29, 1.82) is 0 Å². The van der Waals surface area contributed by atoms with Crippen molar-refractivity contribution in [2.24, 2.45) is 0 Å². The van der Waals surface area contributed by atoms with Crippen molar-refractivity contribution in [3.05, 3.63) is 128 Å². The molecular weight excluding hydrogens is 416 g/mol. The molecule has 0 unspecified atom stereocenters. The van der Waals surface area contributed by atoms with Gasteiger partial charge in [0.25, 0.3) is 0 Å². The zero-order valence-electron chi connectivity index (χ0n) is 20.8. The van der Waals surface area contributed by atoms with Crippen LogP contribution in [-0.2, 0) is 12.8 Å². The van der Waals surface area contributed by atoms with Crippen LogP contribution in [0.15, 0.2) is 82.6 Å². The third kappa shape index (κ3) is 5.78. The summed E-state index contributed by atoms with van der Waals surface area (Å²) < 4.78 is 0. The summed E-state index contributed by atoms with van der Waals surface area (Å²) in [6.45, 7) is 13.3. The first kappa shape index (κ1) is 23.4. The maximum absolute atomic E-state index is 2.35. The number of aryl methyl sites for hydroxylation is 4. The average Bonchev–Trinajstić information content (AvgIpc) is 2.77. The molecule has 0 saturated heterocycles. The van der Waals surface area contributed by atoms with Gasteiger partial charge in [-0.3, -0.25) is 0 Å². The van der Waals surface area contributed by atoms with E-state index in [1.54, 1.807) is 0 Å². The van der Waals surface area contributed by atoms with Crippen molar-refractivity contribution in [1.82, 2.24) is 0 Å². The predicted molar refractivity (Wildman–Crippen MR) is 144 cm³/mol. The topological polar surface area (TPSA) is 0 Å². The number of rotatable bonds is 6. The molecule has 0 saturated carbocycles. The Hall–Kier alpha value is -2.77. The molecule has 0 N–H and O–H groups in total. The normalized spacial score (nSPS) is 11.1. The van der Waals surface area contributed by atoms with Crippen molar-refractivity contribution < 1.29 is 0 Å². The zero-order chi connectivity index (χ0) is 23.5. The zero-order valence-corrected chi connectivity index (χ0v) is 21.6. The van der Waals surface area contributed by atoms with Crippen molar-refractivity contribution in [3.8, 4) is 0 Å². The summed E-state index contributed by atoms with van der Waals surface area (Å²) in [6, 6.07) is 27.3. The van der Waals surface area contributed by atoms with Crippen molar-refractivity contribution in [2.45, 2.75) is 64.2 Å². The van der Waals surface area contributed by atoms with Gasteiger partial charge < -0.3 is 0 Å². The van der Waals surface area contributed by atoms with Crippen LogP contribution in [-0.4, -0.2) is 0 Å². The van der Waals surface area contributed by atoms with E-state index >= 15 is 0 Å². The van der Waals surface area contributed by atoms with Crippen LogP contribution in [0.4, 0.5) is 0 Å². The Labute approximate surface area is 204 Å². The van der Waals surface area contributed by atoms with Crippen LogP contribution in [0.2, 0.25) is 0 Å². The molecule has 0 radical (unpaired) electrons. The van der Waals surface area contributed by atoms with E-state index in [9.17, 15) is 0 Å². The Morgan fingerprint density at radius 2 is 0.818 bits per heavy atom. The quantitative estimate of drug-likeness (QED) is 0.283. The van der Waals surface area contributed by atoms with Crippen LogP contribution in [0.5, 0.6) is 0 Å². The molecule has 0 bridgehead atoms. The van der Waals surface area contributed by atoms with E-state index in [-0.39, 0.29) is 0 Å². The second-order valence-corrected chi connectivity index (χ2v) is 10.6. The van der Waals surface area contributed by atoms with Gasteiger partial charge in [-0.2, -0.15) is 0 Å². The molecule has 4 rings (SSSR count). The largest absolute Gasteiger partial charge is 0.0895 e. The Morgan fingerprint density at radius 1 is 0.455 bits per heavy atom. The average molecular weight is 451 g/mol. The summed E-state index contributed by atoms with van der Waals surface area (Å²) in [7, 11) is 0. The Morgan fingerprint density at radius 3 is 1.18 bits per heavy atom. The lowest BCUT2D eigenvalue weighted by atomic mass is 9.98. The SMILES string of the molecule is Cc1ccc(Cc2cc(C)cc(Sc3cc(C)cc(Cc4ccc(C)cc4)c3C)c2C)cc1. The molecule has 0 atom stereocenters. The first-order valence-corrected chi connectivity index (χ1v) is 12.6. The van der Waals surface area contributed by atoms with E-state index in [0.717, 1.165) is 12.8 Å². The van der Waals surface area contributed by atoms with Gasteiger partial charge in [-0.05, 0) is 111 Å². The van der Waals surface area contributed by atoms with E-state index in [1.807, 2.05) is 11.8 Å². The Balaban J connectivity index is 1.64. The van der Waals surface area contributed by atoms with Crippen LogP contribution in [0, 0.1) is 41.5 Å². The Bertz CT molecular complexity index is 1160. The predicted octanol–water partition coefficient (Wildman–Crippen LogP) is 8.87. The van der Waals surface area contributed by atoms with Crippen LogP contribution in [0.25, 0.3) is 0 Å². The van der Waals surface area contributed by atoms with E-state index < -0.39 is 0 Å². The molecule has 0 spiro atoms. The van der Waals surface area contributed by atoms with Crippen molar-refractivity contribution in [3.63, 3.8) is 0 Å². The van der Waals surface area contributed by atoms with Gasteiger partial charge in [-0.25, -0.2) is 0 Å². The lowest BCUT2D eigenvalue weighted by Crippen LogP contribution is -1.98. The van der Waals surface area contributed by atoms with Gasteiger partial charge >= 0.3 is 0 Å². The van der Waals surface area contributed by atoms with Crippen LogP contribution in [0.3, 0.4) is 0 Å². The summed E-state index contributed by atoms with van der Waals surface area (Å²) in [6.07, 6.45) is 1.96. The minimum Gasteiger partial charge on any atom is -0.0895 e. The lowest BCUT2D eigenvalue weighted by Gasteiger charge is -2.17. The van der Waals surface area contributed by atoms with Crippen LogP contribution >= 0.6 is 11.8 Å². The molecule has 0 aliphatic carbocycles. The lowest BCUT2D eigenvalue weighted by molar-refractivity contribution is 1.09. The van der Waals surface area contributed by atoms with E-state index in [2.05, 4.69) is 114 Å². The van der Waals surface area contributed by atoms with Crippen LogP contribution < -0.4 is 0 Å². The van der Waals surface area contributed by atoms with E-state index in [0.29, 0.717) is 0 Å². The van der Waals surface area contributed by atoms with Gasteiger partial charge in [0.15, 0.2) is 0 Å². The summed E-state index contributed by atoms with van der Waals surface area (Å²) in [4.78, 5) is 2.74. The molecule has 0 amide bonds. The van der Waals surface area contributed by atoms with Gasteiger partial charge in [0.2, 0.25) is 0 Å². The molecule has 0 aliphatic heterocycles. The second-order valence-electron chi connectivity index (χ2n) is 9.52. The smallest absolute Gasteiger partial charge is 0.0157 e. The highest BCUT2D eigenvalue weighted by Gasteiger charge is 2.13. The maximum Gasteiger partial charge on any atom is 0.0157 e. The fourth-order valence-corrected chi connectivity index (χ4v) is 5.64. The molecule has 0 aliphatic rings. The Kier molecular flexibility index (Phi) is 7.10. The summed E-state index contributed by atoms with van der Waals surface area (Å²) in [5.41, 5.74) is 13.7. The minimum absolute atomic E-state index is 0.979. The van der Waals surface area contributed by atoms with Crippen LogP contribution in [0.1, 0.15) is 55.6 Å². The van der Waals surface area contributed by atoms with Gasteiger partial charge in [0.05, 0.1) is 0 Å². The van der Waals surface area contributed by atoms with E-state index in [4.69, 9.17) is 0 Å². The molecule has 4 aromatic carbocycles. The maximum atomic E-state index is 2.35. The number of hydrogen-bond acceptors (Lipinski definition) is 1. The van der Waals surface area contributed by atoms with Crippen molar-refractivity contribution in [2.75, 3.05) is 0 Å². The molecule has 0 fully saturated rings. The van der Waals surface area contributed by atoms with Crippen molar-refractivity contribution >= 4 is 11.8 Å². The van der Waals surface area contributed by atoms with Gasteiger partial charge in [-0.15, -0.1) is 0 Å². The molecule has 0 heterocycles. The molecule has 168 valence electrons. The molecule has 0 aromatic heterocycles. The summed E-state index contributed by atoms with van der Waals surface area (Å²) in [5.74, 6) is 0. The standard InChI is InChI=1S/C32H34S/c1-21-7-11-27(12-8-21)19-29-15-23(3)17-31(25(29)5)33-32-18-24(4)16-30(26(32)6)20-28-13-9-22(2)10-14-28/h7-18H,19-20H2,1-6H3. The molecule has 4 aromatic rings. The van der Waals surface area contributed by atoms with Gasteiger partial charge in [0.1, 0.15) is 0 Å². The summed E-state index contributed by atoms with van der Waals surface area (Å²) in [5, 5.41) is 0. The number of benzene rings is 4. The van der Waals surface area contributed by atoms with Gasteiger partial charge in [-0.1, -0.05) is 83.6 Å². The number of hydrogen-bond donors (Lipinski definition) is 0. The third-order valence-corrected chi connectivity index (χ3v) is 7.76. The fourth-order valence-electron chi connectivity index (χ4n) is 4.35. The highest BCUT2D eigenvalue weighted by molar-refractivity contribution is 7.99. The fraction of sp³-hybridized carbons (Fsp3) is 0.250. The summed E-state index contributed by atoms with van der Waals surface area (Å²) >= 11 is 1.92. The third-order valence-electron chi connectivity index (χ3n) is 6.47. The highest BCUT2D eigenvalue weighted by atomic mass is 32.2. The monoisotopic (exact) mass is 450 g/mol. The first-order valence-electron chi connectivity index (χ1n) is 11.8. The molecule has 0 nitrogen and oxygen atoms in total. The van der Waals surface area contributed by atoms with Gasteiger partial charge in [0, 0.05) is 9.79 Å². The van der Waals surface area contributed by atoms with E-state index in [1.165, 1.54) is 65.4 Å².